The lowest BCUT2D eigenvalue weighted by Gasteiger charge is -2.26. The molecule has 2 amide bonds. The van der Waals surface area contributed by atoms with Gasteiger partial charge in [-0.05, 0) is 18.2 Å². The number of thioether (sulfide) groups is 1. The fourth-order valence-electron chi connectivity index (χ4n) is 2.71. The van der Waals surface area contributed by atoms with Gasteiger partial charge in [0.05, 0.1) is 29.8 Å². The van der Waals surface area contributed by atoms with Crippen molar-refractivity contribution in [2.75, 3.05) is 23.4 Å². The molecule has 0 radical (unpaired) electrons. The molecule has 0 unspecified atom stereocenters. The van der Waals surface area contributed by atoms with Crippen LogP contribution in [0.3, 0.4) is 0 Å². The Balaban J connectivity index is 1.44. The van der Waals surface area contributed by atoms with E-state index in [0.717, 1.165) is 11.3 Å². The lowest BCUT2D eigenvalue weighted by atomic mass is 10.0. The van der Waals surface area contributed by atoms with Crippen molar-refractivity contribution in [2.45, 2.75) is 12.5 Å². The van der Waals surface area contributed by atoms with E-state index in [-0.39, 0.29) is 35.0 Å². The molecule has 1 aliphatic heterocycles. The van der Waals surface area contributed by atoms with Crippen molar-refractivity contribution in [3.8, 4) is 5.75 Å². The van der Waals surface area contributed by atoms with Gasteiger partial charge < -0.3 is 15.4 Å². The summed E-state index contributed by atoms with van der Waals surface area (Å²) in [5.41, 5.74) is 1.11. The van der Waals surface area contributed by atoms with Gasteiger partial charge in [-0.1, -0.05) is 30.3 Å². The van der Waals surface area contributed by atoms with Gasteiger partial charge in [-0.25, -0.2) is 4.39 Å². The summed E-state index contributed by atoms with van der Waals surface area (Å²) in [6.45, 7) is 0.556. The fraction of sp³-hybridized carbons (Fsp3) is 0.263. The molecule has 26 heavy (non-hydrogen) atoms. The van der Waals surface area contributed by atoms with E-state index in [1.807, 2.05) is 24.3 Å². The van der Waals surface area contributed by atoms with Crippen molar-refractivity contribution in [1.29, 1.82) is 0 Å². The number of carbonyl (C=O) groups excluding carboxylic acids is 2. The summed E-state index contributed by atoms with van der Waals surface area (Å²) in [5, 5.41) is 5.47. The molecule has 7 heteroatoms. The van der Waals surface area contributed by atoms with E-state index in [9.17, 15) is 14.0 Å². The number of para-hydroxylation sites is 2. The number of benzene rings is 2. The van der Waals surface area contributed by atoms with Crippen molar-refractivity contribution < 1.29 is 18.7 Å². The molecule has 2 aromatic rings. The molecule has 0 bridgehead atoms. The maximum atomic E-state index is 13.5. The monoisotopic (exact) mass is 374 g/mol. The number of nitrogens with one attached hydrogen (secondary N) is 2. The molecular formula is C19H19FN2O3S. The molecule has 0 aliphatic carbocycles. The molecule has 0 spiro atoms. The van der Waals surface area contributed by atoms with Crippen LogP contribution in [0, 0.1) is 5.82 Å². The van der Waals surface area contributed by atoms with E-state index in [4.69, 9.17) is 4.74 Å². The molecule has 1 atom stereocenters. The molecule has 5 nitrogen and oxygen atoms in total. The second kappa shape index (κ2) is 8.71. The van der Waals surface area contributed by atoms with Gasteiger partial charge in [-0.2, -0.15) is 0 Å². The molecule has 2 aromatic carbocycles. The lowest BCUT2D eigenvalue weighted by molar-refractivity contribution is -0.119. The number of hydrogen-bond acceptors (Lipinski definition) is 4. The Hall–Kier alpha value is -2.54. The van der Waals surface area contributed by atoms with Crippen LogP contribution < -0.4 is 15.4 Å². The number of amides is 2. The van der Waals surface area contributed by atoms with Gasteiger partial charge in [-0.15, -0.1) is 11.8 Å². The van der Waals surface area contributed by atoms with E-state index < -0.39 is 5.82 Å². The average molecular weight is 374 g/mol. The van der Waals surface area contributed by atoms with Gasteiger partial charge in [0, 0.05) is 12.0 Å². The zero-order chi connectivity index (χ0) is 18.4. The Morgan fingerprint density at radius 2 is 1.81 bits per heavy atom. The van der Waals surface area contributed by atoms with Crippen LogP contribution in [0.1, 0.15) is 18.0 Å². The minimum Gasteiger partial charge on any atom is -0.493 e. The summed E-state index contributed by atoms with van der Waals surface area (Å²) >= 11 is 1.19. The maximum absolute atomic E-state index is 13.5. The number of fused-ring (bicyclic) bond motifs is 1. The topological polar surface area (TPSA) is 67.4 Å². The normalized spacial score (nSPS) is 15.5. The fourth-order valence-corrected chi connectivity index (χ4v) is 3.34. The van der Waals surface area contributed by atoms with E-state index in [0.29, 0.717) is 13.0 Å². The van der Waals surface area contributed by atoms with Crippen LogP contribution in [0.5, 0.6) is 5.75 Å². The maximum Gasteiger partial charge on any atom is 0.234 e. The summed E-state index contributed by atoms with van der Waals surface area (Å²) in [6, 6.07) is 13.5. The largest absolute Gasteiger partial charge is 0.493 e. The summed E-state index contributed by atoms with van der Waals surface area (Å²) in [4.78, 5) is 24.0. The molecule has 2 N–H and O–H groups in total. The van der Waals surface area contributed by atoms with Gasteiger partial charge in [-0.3, -0.25) is 9.59 Å². The second-order valence-electron chi connectivity index (χ2n) is 5.82. The SMILES string of the molecule is O=C(CSCC(=O)N[C@H]1CCOc2ccccc21)Nc1ccccc1F. The standard InChI is InChI=1S/C19H19FN2O3S/c20-14-6-2-3-7-16(14)22-19(24)12-26-11-18(23)21-15-9-10-25-17-8-4-1-5-13(15)17/h1-8,15H,9-12H2,(H,21,23)(H,22,24)/t15-/m0/s1. The highest BCUT2D eigenvalue weighted by Gasteiger charge is 2.22. The van der Waals surface area contributed by atoms with Crippen molar-refractivity contribution in [3.63, 3.8) is 0 Å². The summed E-state index contributed by atoms with van der Waals surface area (Å²) in [7, 11) is 0. The van der Waals surface area contributed by atoms with Crippen molar-refractivity contribution in [3.05, 3.63) is 59.9 Å². The Labute approximate surface area is 155 Å². The molecule has 3 rings (SSSR count). The predicted molar refractivity (Wildman–Crippen MR) is 99.8 cm³/mol. The predicted octanol–water partition coefficient (Wildman–Crippen LogP) is 3.14. The number of rotatable bonds is 6. The highest BCUT2D eigenvalue weighted by atomic mass is 32.2. The molecular weight excluding hydrogens is 355 g/mol. The number of hydrogen-bond donors (Lipinski definition) is 2. The highest BCUT2D eigenvalue weighted by molar-refractivity contribution is 8.00. The summed E-state index contributed by atoms with van der Waals surface area (Å²) < 4.78 is 19.1. The highest BCUT2D eigenvalue weighted by Crippen LogP contribution is 2.31. The first-order valence-electron chi connectivity index (χ1n) is 8.26. The first-order valence-corrected chi connectivity index (χ1v) is 9.42. The summed E-state index contributed by atoms with van der Waals surface area (Å²) in [6.07, 6.45) is 0.710. The van der Waals surface area contributed by atoms with Gasteiger partial charge in [0.15, 0.2) is 0 Å². The molecule has 0 saturated heterocycles. The Bertz CT molecular complexity index is 800. The Morgan fingerprint density at radius 1 is 1.08 bits per heavy atom. The van der Waals surface area contributed by atoms with Crippen LogP contribution in [0.25, 0.3) is 0 Å². The third-order valence-corrected chi connectivity index (χ3v) is 4.84. The van der Waals surface area contributed by atoms with Gasteiger partial charge in [0.25, 0.3) is 0 Å². The van der Waals surface area contributed by atoms with E-state index >= 15 is 0 Å². The van der Waals surface area contributed by atoms with Crippen molar-refractivity contribution in [2.24, 2.45) is 0 Å². The average Bonchev–Trinajstić information content (AvgIpc) is 2.64. The minimum atomic E-state index is -0.484. The van der Waals surface area contributed by atoms with Crippen molar-refractivity contribution in [1.82, 2.24) is 5.32 Å². The first kappa shape index (κ1) is 18.3. The zero-order valence-electron chi connectivity index (χ0n) is 14.0. The van der Waals surface area contributed by atoms with Gasteiger partial charge in [0.1, 0.15) is 11.6 Å². The van der Waals surface area contributed by atoms with Crippen LogP contribution in [0.4, 0.5) is 10.1 Å². The number of carbonyl (C=O) groups is 2. The van der Waals surface area contributed by atoms with Crippen LogP contribution in [0.15, 0.2) is 48.5 Å². The van der Waals surface area contributed by atoms with Gasteiger partial charge in [0.2, 0.25) is 11.8 Å². The third kappa shape index (κ3) is 4.76. The molecule has 0 fully saturated rings. The molecule has 1 aliphatic rings. The molecule has 136 valence electrons. The number of ether oxygens (including phenoxy) is 1. The van der Waals surface area contributed by atoms with Crippen molar-refractivity contribution >= 4 is 29.3 Å². The Morgan fingerprint density at radius 3 is 2.65 bits per heavy atom. The van der Waals surface area contributed by atoms with E-state index in [2.05, 4.69) is 10.6 Å². The van der Waals surface area contributed by atoms with Gasteiger partial charge >= 0.3 is 0 Å². The van der Waals surface area contributed by atoms with E-state index in [1.54, 1.807) is 12.1 Å². The quantitative estimate of drug-likeness (QED) is 0.815. The van der Waals surface area contributed by atoms with Crippen LogP contribution >= 0.6 is 11.8 Å². The molecule has 0 saturated carbocycles. The minimum absolute atomic E-state index is 0.0755. The third-order valence-electron chi connectivity index (χ3n) is 3.91. The summed E-state index contributed by atoms with van der Waals surface area (Å²) in [5.74, 6) is 0.0542. The Kier molecular flexibility index (Phi) is 6.12. The first-order chi connectivity index (χ1) is 12.6. The van der Waals surface area contributed by atoms with E-state index in [1.165, 1.54) is 23.9 Å². The second-order valence-corrected chi connectivity index (χ2v) is 6.80. The number of anilines is 1. The van der Waals surface area contributed by atoms with Crippen LogP contribution in [-0.4, -0.2) is 29.9 Å². The smallest absolute Gasteiger partial charge is 0.234 e. The zero-order valence-corrected chi connectivity index (χ0v) is 14.9. The number of halogens is 1. The molecule has 0 aromatic heterocycles. The lowest BCUT2D eigenvalue weighted by Crippen LogP contribution is -2.33. The van der Waals surface area contributed by atoms with Crippen LogP contribution in [-0.2, 0) is 9.59 Å². The van der Waals surface area contributed by atoms with Crippen LogP contribution in [0.2, 0.25) is 0 Å². The molecule has 1 heterocycles.